The maximum absolute atomic E-state index is 13.3. The summed E-state index contributed by atoms with van der Waals surface area (Å²) in [7, 11) is 0. The number of pyridine rings is 1. The van der Waals surface area contributed by atoms with E-state index in [1.165, 1.54) is 12.1 Å². The van der Waals surface area contributed by atoms with Gasteiger partial charge in [-0.2, -0.15) is 0 Å². The van der Waals surface area contributed by atoms with Crippen LogP contribution in [0.5, 0.6) is 5.75 Å². The quantitative estimate of drug-likeness (QED) is 0.675. The standard InChI is InChI=1S/C14H14FN3O3/c1-9-2-3-14(13(7-16)17-9)21-8-10-4-11(15)6-12(5-10)18(19)20/h2-6H,7-8,16H2,1H3. The first-order chi connectivity index (χ1) is 9.99. The summed E-state index contributed by atoms with van der Waals surface area (Å²) in [5.41, 5.74) is 7.03. The fourth-order valence-corrected chi connectivity index (χ4v) is 1.86. The van der Waals surface area contributed by atoms with E-state index in [-0.39, 0.29) is 18.8 Å². The molecule has 0 aliphatic heterocycles. The van der Waals surface area contributed by atoms with E-state index in [0.29, 0.717) is 17.0 Å². The van der Waals surface area contributed by atoms with Crippen LogP contribution in [0, 0.1) is 22.9 Å². The molecular formula is C14H14FN3O3. The lowest BCUT2D eigenvalue weighted by Crippen LogP contribution is -2.06. The van der Waals surface area contributed by atoms with Crippen molar-refractivity contribution in [2.45, 2.75) is 20.1 Å². The predicted molar refractivity (Wildman–Crippen MR) is 74.3 cm³/mol. The fraction of sp³-hybridized carbons (Fsp3) is 0.214. The zero-order valence-corrected chi connectivity index (χ0v) is 11.4. The molecule has 0 saturated heterocycles. The lowest BCUT2D eigenvalue weighted by molar-refractivity contribution is -0.385. The van der Waals surface area contributed by atoms with Crippen LogP contribution in [0.1, 0.15) is 17.0 Å². The van der Waals surface area contributed by atoms with Gasteiger partial charge in [-0.15, -0.1) is 0 Å². The van der Waals surface area contributed by atoms with Crippen molar-refractivity contribution < 1.29 is 14.1 Å². The summed E-state index contributed by atoms with van der Waals surface area (Å²) in [5, 5.41) is 10.7. The molecule has 0 unspecified atom stereocenters. The Bertz CT molecular complexity index is 677. The largest absolute Gasteiger partial charge is 0.487 e. The number of non-ortho nitro benzene ring substituents is 1. The number of hydrogen-bond donors (Lipinski definition) is 1. The van der Waals surface area contributed by atoms with E-state index in [2.05, 4.69) is 4.98 Å². The molecule has 6 nitrogen and oxygen atoms in total. The molecule has 1 aromatic carbocycles. The van der Waals surface area contributed by atoms with Crippen LogP contribution in [-0.4, -0.2) is 9.91 Å². The second-order valence-electron chi connectivity index (χ2n) is 4.47. The summed E-state index contributed by atoms with van der Waals surface area (Å²) >= 11 is 0. The van der Waals surface area contributed by atoms with Crippen molar-refractivity contribution in [1.29, 1.82) is 0 Å². The van der Waals surface area contributed by atoms with Crippen LogP contribution in [0.25, 0.3) is 0 Å². The number of benzene rings is 1. The maximum atomic E-state index is 13.3. The Morgan fingerprint density at radius 1 is 1.38 bits per heavy atom. The minimum absolute atomic E-state index is 0.00363. The summed E-state index contributed by atoms with van der Waals surface area (Å²) in [6.07, 6.45) is 0. The Kier molecular flexibility index (Phi) is 4.44. The second-order valence-corrected chi connectivity index (χ2v) is 4.47. The van der Waals surface area contributed by atoms with E-state index in [1.54, 1.807) is 12.1 Å². The number of rotatable bonds is 5. The predicted octanol–water partition coefficient (Wildman–Crippen LogP) is 2.48. The molecule has 1 heterocycles. The highest BCUT2D eigenvalue weighted by Gasteiger charge is 2.11. The van der Waals surface area contributed by atoms with Crippen molar-refractivity contribution in [2.75, 3.05) is 0 Å². The number of halogens is 1. The van der Waals surface area contributed by atoms with Gasteiger partial charge in [0.15, 0.2) is 0 Å². The van der Waals surface area contributed by atoms with E-state index >= 15 is 0 Å². The maximum Gasteiger partial charge on any atom is 0.272 e. The summed E-state index contributed by atoms with van der Waals surface area (Å²) in [5.74, 6) is -0.195. The van der Waals surface area contributed by atoms with Gasteiger partial charge in [0, 0.05) is 18.3 Å². The van der Waals surface area contributed by atoms with Crippen LogP contribution >= 0.6 is 0 Å². The van der Waals surface area contributed by atoms with Crippen molar-refractivity contribution >= 4 is 5.69 Å². The highest BCUT2D eigenvalue weighted by atomic mass is 19.1. The first-order valence-electron chi connectivity index (χ1n) is 6.23. The molecule has 0 atom stereocenters. The van der Waals surface area contributed by atoms with Crippen molar-refractivity contribution in [3.8, 4) is 5.75 Å². The fourth-order valence-electron chi connectivity index (χ4n) is 1.86. The van der Waals surface area contributed by atoms with Gasteiger partial charge >= 0.3 is 0 Å². The minimum Gasteiger partial charge on any atom is -0.487 e. The van der Waals surface area contributed by atoms with Crippen LogP contribution < -0.4 is 10.5 Å². The molecule has 7 heteroatoms. The van der Waals surface area contributed by atoms with E-state index < -0.39 is 10.7 Å². The summed E-state index contributed by atoms with van der Waals surface area (Å²) in [4.78, 5) is 14.3. The number of nitrogens with two attached hydrogens (primary N) is 1. The van der Waals surface area contributed by atoms with Gasteiger partial charge in [-0.25, -0.2) is 4.39 Å². The van der Waals surface area contributed by atoms with Crippen molar-refractivity contribution in [3.05, 3.63) is 63.2 Å². The number of nitro benzene ring substituents is 1. The highest BCUT2D eigenvalue weighted by molar-refractivity contribution is 5.35. The average Bonchev–Trinajstić information content (AvgIpc) is 2.45. The van der Waals surface area contributed by atoms with Crippen molar-refractivity contribution in [3.63, 3.8) is 0 Å². The lowest BCUT2D eigenvalue weighted by atomic mass is 10.2. The Labute approximate surface area is 120 Å². The Hall–Kier alpha value is -2.54. The van der Waals surface area contributed by atoms with Gasteiger partial charge in [0.1, 0.15) is 18.2 Å². The first-order valence-corrected chi connectivity index (χ1v) is 6.23. The third-order valence-electron chi connectivity index (χ3n) is 2.81. The molecule has 0 amide bonds. The zero-order chi connectivity index (χ0) is 15.4. The third kappa shape index (κ3) is 3.73. The molecule has 0 saturated carbocycles. The molecular weight excluding hydrogens is 277 g/mol. The molecule has 0 radical (unpaired) electrons. The first kappa shape index (κ1) is 14.9. The normalized spacial score (nSPS) is 10.4. The van der Waals surface area contributed by atoms with E-state index in [0.717, 1.165) is 11.8 Å². The number of aromatic nitrogens is 1. The molecule has 110 valence electrons. The molecule has 0 fully saturated rings. The van der Waals surface area contributed by atoms with E-state index in [4.69, 9.17) is 10.5 Å². The average molecular weight is 291 g/mol. The van der Waals surface area contributed by atoms with Gasteiger partial charge in [-0.05, 0) is 30.7 Å². The molecule has 2 aromatic rings. The summed E-state index contributed by atoms with van der Waals surface area (Å²) in [6, 6.07) is 6.81. The van der Waals surface area contributed by atoms with Crippen molar-refractivity contribution in [2.24, 2.45) is 5.73 Å². The van der Waals surface area contributed by atoms with E-state index in [9.17, 15) is 14.5 Å². The Morgan fingerprint density at radius 3 is 2.81 bits per heavy atom. The minimum atomic E-state index is -0.677. The van der Waals surface area contributed by atoms with Gasteiger partial charge in [0.05, 0.1) is 16.7 Å². The third-order valence-corrected chi connectivity index (χ3v) is 2.81. The smallest absolute Gasteiger partial charge is 0.272 e. The monoisotopic (exact) mass is 291 g/mol. The Morgan fingerprint density at radius 2 is 2.14 bits per heavy atom. The highest BCUT2D eigenvalue weighted by Crippen LogP contribution is 2.20. The molecule has 21 heavy (non-hydrogen) atoms. The van der Waals surface area contributed by atoms with Crippen LogP contribution in [0.3, 0.4) is 0 Å². The number of hydrogen-bond acceptors (Lipinski definition) is 5. The van der Waals surface area contributed by atoms with Gasteiger partial charge < -0.3 is 10.5 Å². The molecule has 0 aliphatic carbocycles. The zero-order valence-electron chi connectivity index (χ0n) is 11.4. The van der Waals surface area contributed by atoms with Gasteiger partial charge in [0.2, 0.25) is 0 Å². The van der Waals surface area contributed by atoms with Crippen molar-refractivity contribution in [1.82, 2.24) is 4.98 Å². The van der Waals surface area contributed by atoms with Gasteiger partial charge in [-0.1, -0.05) is 0 Å². The number of nitrogens with zero attached hydrogens (tertiary/aromatic N) is 2. The van der Waals surface area contributed by atoms with Crippen LogP contribution in [0.4, 0.5) is 10.1 Å². The second kappa shape index (κ2) is 6.27. The summed E-state index contributed by atoms with van der Waals surface area (Å²) < 4.78 is 18.8. The summed E-state index contributed by atoms with van der Waals surface area (Å²) in [6.45, 7) is 2.04. The number of nitro groups is 1. The van der Waals surface area contributed by atoms with Crippen LogP contribution in [-0.2, 0) is 13.2 Å². The topological polar surface area (TPSA) is 91.3 Å². The van der Waals surface area contributed by atoms with E-state index in [1.807, 2.05) is 6.92 Å². The Balaban J connectivity index is 2.18. The molecule has 0 aliphatic rings. The molecule has 0 spiro atoms. The SMILES string of the molecule is Cc1ccc(OCc2cc(F)cc([N+](=O)[O-])c2)c(CN)n1. The van der Waals surface area contributed by atoms with Gasteiger partial charge in [-0.3, -0.25) is 15.1 Å². The molecule has 2 N–H and O–H groups in total. The van der Waals surface area contributed by atoms with Crippen LogP contribution in [0.2, 0.25) is 0 Å². The number of aryl methyl sites for hydroxylation is 1. The molecule has 0 bridgehead atoms. The van der Waals surface area contributed by atoms with Crippen LogP contribution in [0.15, 0.2) is 30.3 Å². The molecule has 2 rings (SSSR count). The molecule has 1 aromatic heterocycles. The lowest BCUT2D eigenvalue weighted by Gasteiger charge is -2.10. The number of ether oxygens (including phenoxy) is 1. The van der Waals surface area contributed by atoms with Gasteiger partial charge in [0.25, 0.3) is 5.69 Å².